The van der Waals surface area contributed by atoms with E-state index < -0.39 is 65.6 Å². The average Bonchev–Trinajstić information content (AvgIpc) is 2.96. The van der Waals surface area contributed by atoms with Crippen molar-refractivity contribution >= 4 is 40.8 Å². The molecule has 0 unspecified atom stereocenters. The predicted molar refractivity (Wildman–Crippen MR) is 149 cm³/mol. The average molecular weight is 647 g/mol. The number of ketones is 1. The van der Waals surface area contributed by atoms with Gasteiger partial charge in [-0.25, -0.2) is 0 Å². The van der Waals surface area contributed by atoms with Gasteiger partial charge in [-0.05, 0) is 59.4 Å². The molecule has 0 radical (unpaired) electrons. The molecule has 1 heterocycles. The molecule has 230 valence electrons. The summed E-state index contributed by atoms with van der Waals surface area (Å²) in [6.07, 6.45) is -3.82. The smallest absolute Gasteiger partial charge is 0.455 e. The van der Waals surface area contributed by atoms with E-state index in [1.165, 1.54) is 31.5 Å². The minimum atomic E-state index is -6.05. The molecule has 0 saturated heterocycles. The van der Waals surface area contributed by atoms with Crippen LogP contribution in [-0.4, -0.2) is 51.9 Å². The third kappa shape index (κ3) is 7.98. The first-order valence-electron chi connectivity index (χ1n) is 12.6. The number of carbonyl (C=O) groups excluding carboxylic acids is 3. The molecular weight excluding hydrogens is 622 g/mol. The SMILES string of the molecule is CC[C@H](NC(=O)[C@H](Cc1cc(Cl)c(O)c(Cl)c1)N[C@@H](c1ccc(-c2ccncc2)cc1)C(F)(F)C(F)(F)F)C(=O)C(N)=O. The fraction of sp³-hybridized carbons (Fsp3) is 0.286. The number of aromatic hydroxyl groups is 1. The lowest BCUT2D eigenvalue weighted by atomic mass is 9.94. The van der Waals surface area contributed by atoms with Crippen LogP contribution in [0.15, 0.2) is 60.9 Å². The molecule has 0 spiro atoms. The molecule has 3 atom stereocenters. The summed E-state index contributed by atoms with van der Waals surface area (Å²) < 4.78 is 71.4. The first kappa shape index (κ1) is 33.7. The number of nitrogens with one attached hydrogen (secondary N) is 2. The van der Waals surface area contributed by atoms with Crippen LogP contribution in [0.1, 0.15) is 30.5 Å². The van der Waals surface area contributed by atoms with Crippen molar-refractivity contribution in [2.75, 3.05) is 0 Å². The summed E-state index contributed by atoms with van der Waals surface area (Å²) in [6.45, 7) is 1.42. The van der Waals surface area contributed by atoms with Gasteiger partial charge in [0.15, 0.2) is 5.75 Å². The van der Waals surface area contributed by atoms with Crippen molar-refractivity contribution in [3.63, 3.8) is 0 Å². The second kappa shape index (κ2) is 13.7. The fourth-order valence-corrected chi connectivity index (χ4v) is 4.72. The standard InChI is InChI=1S/C28H25Cl2F5N4O4/c1-2-20(23(41)25(36)42)39-26(43)21(13-14-11-18(29)22(40)19(30)12-14)38-24(27(31,32)28(33,34)35)17-5-3-15(4-6-17)16-7-9-37-10-8-16/h3-12,20-21,24,38,40H,2,13H2,1H3,(H2,36,42)(H,39,43)/t20-,21-,24-/m0/s1. The Bertz CT molecular complexity index is 1450. The Morgan fingerprint density at radius 3 is 1.95 bits per heavy atom. The number of nitrogens with zero attached hydrogens (tertiary/aromatic N) is 1. The maximum Gasteiger partial charge on any atom is 0.455 e. The van der Waals surface area contributed by atoms with Crippen LogP contribution in [0.2, 0.25) is 10.0 Å². The van der Waals surface area contributed by atoms with Crippen LogP contribution < -0.4 is 16.4 Å². The van der Waals surface area contributed by atoms with Crippen LogP contribution in [0.5, 0.6) is 5.75 Å². The molecule has 2 aromatic carbocycles. The van der Waals surface area contributed by atoms with E-state index in [-0.39, 0.29) is 22.0 Å². The number of pyridine rings is 1. The second-order valence-corrected chi connectivity index (χ2v) is 10.3. The number of carbonyl (C=O) groups is 3. The van der Waals surface area contributed by atoms with E-state index in [0.717, 1.165) is 24.3 Å². The molecule has 15 heteroatoms. The fourth-order valence-electron chi connectivity index (χ4n) is 4.18. The third-order valence-electron chi connectivity index (χ3n) is 6.48. The number of halogens is 7. The molecule has 0 fully saturated rings. The lowest BCUT2D eigenvalue weighted by Crippen LogP contribution is -2.57. The zero-order chi connectivity index (χ0) is 32.1. The molecule has 0 aliphatic heterocycles. The van der Waals surface area contributed by atoms with E-state index in [4.69, 9.17) is 28.9 Å². The van der Waals surface area contributed by atoms with Crippen LogP contribution in [0, 0.1) is 0 Å². The van der Waals surface area contributed by atoms with Gasteiger partial charge in [-0.2, -0.15) is 22.0 Å². The summed E-state index contributed by atoms with van der Waals surface area (Å²) in [7, 11) is 0. The quantitative estimate of drug-likeness (QED) is 0.159. The zero-order valence-electron chi connectivity index (χ0n) is 22.3. The molecule has 0 aliphatic rings. The number of aromatic nitrogens is 1. The Kier molecular flexibility index (Phi) is 10.7. The Morgan fingerprint density at radius 2 is 1.47 bits per heavy atom. The number of primary amides is 1. The normalized spacial score (nSPS) is 14.0. The summed E-state index contributed by atoms with van der Waals surface area (Å²) in [6, 6.07) is 4.12. The Morgan fingerprint density at radius 1 is 0.930 bits per heavy atom. The summed E-state index contributed by atoms with van der Waals surface area (Å²) >= 11 is 11.9. The van der Waals surface area contributed by atoms with E-state index in [9.17, 15) is 32.7 Å². The van der Waals surface area contributed by atoms with E-state index in [1.54, 1.807) is 12.1 Å². The lowest BCUT2D eigenvalue weighted by Gasteiger charge is -2.33. The Hall–Kier alpha value is -3.81. The van der Waals surface area contributed by atoms with Crippen LogP contribution in [0.3, 0.4) is 0 Å². The number of alkyl halides is 5. The van der Waals surface area contributed by atoms with Gasteiger partial charge in [-0.1, -0.05) is 54.4 Å². The van der Waals surface area contributed by atoms with E-state index >= 15 is 8.78 Å². The highest BCUT2D eigenvalue weighted by molar-refractivity contribution is 6.38. The number of hydrogen-bond acceptors (Lipinski definition) is 6. The molecule has 8 nitrogen and oxygen atoms in total. The van der Waals surface area contributed by atoms with Crippen molar-refractivity contribution in [3.05, 3.63) is 82.1 Å². The molecule has 1 aromatic heterocycles. The Labute approximate surface area is 252 Å². The number of Topliss-reactive ketones (excluding diaryl/α,β-unsaturated/α-hetero) is 1. The number of rotatable bonds is 12. The summed E-state index contributed by atoms with van der Waals surface area (Å²) in [5.74, 6) is -9.70. The monoisotopic (exact) mass is 646 g/mol. The highest BCUT2D eigenvalue weighted by Crippen LogP contribution is 2.45. The molecule has 3 rings (SSSR count). The number of phenolic OH excluding ortho intramolecular Hbond substituents is 1. The largest absolute Gasteiger partial charge is 0.505 e. The lowest BCUT2D eigenvalue weighted by molar-refractivity contribution is -0.294. The number of hydrogen-bond donors (Lipinski definition) is 4. The number of nitrogens with two attached hydrogens (primary N) is 1. The molecule has 43 heavy (non-hydrogen) atoms. The van der Waals surface area contributed by atoms with E-state index in [1.807, 2.05) is 0 Å². The molecule has 2 amide bonds. The number of benzene rings is 2. The van der Waals surface area contributed by atoms with Crippen molar-refractivity contribution in [2.45, 2.75) is 50.0 Å². The van der Waals surface area contributed by atoms with Gasteiger partial charge in [0.25, 0.3) is 5.91 Å². The zero-order valence-corrected chi connectivity index (χ0v) is 23.8. The molecule has 0 bridgehead atoms. The molecule has 5 N–H and O–H groups in total. The first-order valence-corrected chi connectivity index (χ1v) is 13.3. The van der Waals surface area contributed by atoms with Gasteiger partial charge in [-0.15, -0.1) is 0 Å². The van der Waals surface area contributed by atoms with Crippen LogP contribution in [-0.2, 0) is 20.8 Å². The van der Waals surface area contributed by atoms with Gasteiger partial charge in [-0.3, -0.25) is 24.7 Å². The second-order valence-electron chi connectivity index (χ2n) is 9.44. The van der Waals surface area contributed by atoms with Crippen LogP contribution in [0.25, 0.3) is 11.1 Å². The minimum Gasteiger partial charge on any atom is -0.505 e. The highest BCUT2D eigenvalue weighted by atomic mass is 35.5. The van der Waals surface area contributed by atoms with Gasteiger partial charge in [0.1, 0.15) is 6.04 Å². The third-order valence-corrected chi connectivity index (χ3v) is 7.06. The van der Waals surface area contributed by atoms with Crippen molar-refractivity contribution in [3.8, 4) is 16.9 Å². The van der Waals surface area contributed by atoms with E-state index in [0.29, 0.717) is 11.1 Å². The number of phenols is 1. The Balaban J connectivity index is 2.08. The van der Waals surface area contributed by atoms with Gasteiger partial charge >= 0.3 is 12.1 Å². The molecular formula is C28H25Cl2F5N4O4. The maximum absolute atomic E-state index is 15.1. The molecule has 0 saturated carbocycles. The van der Waals surface area contributed by atoms with Crippen molar-refractivity contribution in [1.82, 2.24) is 15.6 Å². The topological polar surface area (TPSA) is 134 Å². The molecule has 0 aliphatic carbocycles. The van der Waals surface area contributed by atoms with Gasteiger partial charge in [0.2, 0.25) is 11.7 Å². The molecule has 3 aromatic rings. The van der Waals surface area contributed by atoms with Crippen molar-refractivity contribution in [1.29, 1.82) is 0 Å². The van der Waals surface area contributed by atoms with Crippen LogP contribution >= 0.6 is 23.2 Å². The first-order chi connectivity index (χ1) is 20.1. The van der Waals surface area contributed by atoms with Gasteiger partial charge in [0.05, 0.1) is 22.1 Å². The van der Waals surface area contributed by atoms with Gasteiger partial charge < -0.3 is 16.2 Å². The summed E-state index contributed by atoms with van der Waals surface area (Å²) in [5, 5.41) is 13.6. The van der Waals surface area contributed by atoms with Crippen LogP contribution in [0.4, 0.5) is 22.0 Å². The van der Waals surface area contributed by atoms with Crippen molar-refractivity contribution < 1.29 is 41.4 Å². The van der Waals surface area contributed by atoms with Gasteiger partial charge in [0, 0.05) is 12.4 Å². The maximum atomic E-state index is 15.1. The summed E-state index contributed by atoms with van der Waals surface area (Å²) in [5.41, 5.74) is 5.69. The van der Waals surface area contributed by atoms with Crippen molar-refractivity contribution in [2.24, 2.45) is 5.73 Å². The van der Waals surface area contributed by atoms with E-state index in [2.05, 4.69) is 15.6 Å². The predicted octanol–water partition coefficient (Wildman–Crippen LogP) is 5.15. The highest BCUT2D eigenvalue weighted by Gasteiger charge is 2.63. The minimum absolute atomic E-state index is 0.0665. The summed E-state index contributed by atoms with van der Waals surface area (Å²) in [4.78, 5) is 40.8. The number of amides is 2.